The van der Waals surface area contributed by atoms with E-state index in [1.54, 1.807) is 18.2 Å². The Morgan fingerprint density at radius 3 is 2.35 bits per heavy atom. The van der Waals surface area contributed by atoms with Crippen LogP contribution in [0.25, 0.3) is 0 Å². The molecule has 1 amide bonds. The van der Waals surface area contributed by atoms with Crippen molar-refractivity contribution in [3.05, 3.63) is 65.7 Å². The number of aliphatic hydroxyl groups is 2. The van der Waals surface area contributed by atoms with E-state index >= 15 is 0 Å². The number of nitrogens with zero attached hydrogens (tertiary/aromatic N) is 1. The normalized spacial score (nSPS) is 16.8. The second kappa shape index (κ2) is 8.83. The number of piperidine rings is 1. The fourth-order valence-electron chi connectivity index (χ4n) is 3.43. The number of hydrogen-bond acceptors (Lipinski definition) is 4. The Morgan fingerprint density at radius 2 is 1.65 bits per heavy atom. The number of aliphatic hydroxyl groups excluding tert-OH is 2. The number of hydrogen-bond donors (Lipinski definition) is 3. The zero-order valence-corrected chi connectivity index (χ0v) is 14.8. The highest BCUT2D eigenvalue weighted by molar-refractivity contribution is 6.00. The second-order valence-electron chi connectivity index (χ2n) is 6.68. The lowest BCUT2D eigenvalue weighted by atomic mass is 10.0. The van der Waals surface area contributed by atoms with Crippen LogP contribution < -0.4 is 10.2 Å². The summed E-state index contributed by atoms with van der Waals surface area (Å²) < 4.78 is 0. The van der Waals surface area contributed by atoms with Crippen LogP contribution in [0.5, 0.6) is 0 Å². The fourth-order valence-corrected chi connectivity index (χ4v) is 3.43. The molecule has 1 aliphatic heterocycles. The number of benzene rings is 2. The standard InChI is InChI=1S/C21H26N2O3/c24-15-18(20(25)16-9-3-1-4-10-16)22-21(26)17-11-5-6-12-19(17)23-13-7-2-8-14-23/h1,3-6,9-12,18,20,24-25H,2,7-8,13-15H2,(H,22,26)/t18-,20-/m0/s1. The van der Waals surface area contributed by atoms with Gasteiger partial charge in [-0.25, -0.2) is 0 Å². The molecule has 0 spiro atoms. The highest BCUT2D eigenvalue weighted by atomic mass is 16.3. The molecule has 1 aliphatic rings. The SMILES string of the molecule is O=C(N[C@@H](CO)[C@@H](O)c1ccccc1)c1ccccc1N1CCCCC1. The van der Waals surface area contributed by atoms with Gasteiger partial charge in [-0.15, -0.1) is 0 Å². The third kappa shape index (κ3) is 4.23. The van der Waals surface area contributed by atoms with Crippen LogP contribution in [0, 0.1) is 0 Å². The van der Waals surface area contributed by atoms with Crippen molar-refractivity contribution < 1.29 is 15.0 Å². The summed E-state index contributed by atoms with van der Waals surface area (Å²) in [4.78, 5) is 15.1. The summed E-state index contributed by atoms with van der Waals surface area (Å²) >= 11 is 0. The van der Waals surface area contributed by atoms with Crippen molar-refractivity contribution in [3.8, 4) is 0 Å². The third-order valence-electron chi connectivity index (χ3n) is 4.88. The number of carbonyl (C=O) groups excluding carboxylic acids is 1. The van der Waals surface area contributed by atoms with Gasteiger partial charge in [0.2, 0.25) is 0 Å². The molecular formula is C21H26N2O3. The number of nitrogens with one attached hydrogen (secondary N) is 1. The molecule has 5 nitrogen and oxygen atoms in total. The zero-order valence-electron chi connectivity index (χ0n) is 14.8. The van der Waals surface area contributed by atoms with Crippen LogP contribution in [0.15, 0.2) is 54.6 Å². The van der Waals surface area contributed by atoms with Crippen LogP contribution in [0.4, 0.5) is 5.69 Å². The maximum Gasteiger partial charge on any atom is 0.253 e. The smallest absolute Gasteiger partial charge is 0.253 e. The summed E-state index contributed by atoms with van der Waals surface area (Å²) in [5.41, 5.74) is 2.15. The lowest BCUT2D eigenvalue weighted by Crippen LogP contribution is -2.42. The molecule has 0 saturated carbocycles. The van der Waals surface area contributed by atoms with E-state index < -0.39 is 12.1 Å². The highest BCUT2D eigenvalue weighted by Gasteiger charge is 2.25. The Bertz CT molecular complexity index is 714. The number of carbonyl (C=O) groups is 1. The van der Waals surface area contributed by atoms with Crippen molar-refractivity contribution in [2.75, 3.05) is 24.6 Å². The molecule has 26 heavy (non-hydrogen) atoms. The molecule has 1 heterocycles. The molecule has 0 unspecified atom stereocenters. The summed E-state index contributed by atoms with van der Waals surface area (Å²) in [6.45, 7) is 1.55. The molecule has 1 saturated heterocycles. The third-order valence-corrected chi connectivity index (χ3v) is 4.88. The van der Waals surface area contributed by atoms with Crippen molar-refractivity contribution in [2.24, 2.45) is 0 Å². The van der Waals surface area contributed by atoms with Crippen LogP contribution in [0.1, 0.15) is 41.3 Å². The van der Waals surface area contributed by atoms with Crippen molar-refractivity contribution in [1.29, 1.82) is 0 Å². The van der Waals surface area contributed by atoms with E-state index in [1.165, 1.54) is 6.42 Å². The van der Waals surface area contributed by atoms with Gasteiger partial charge >= 0.3 is 0 Å². The minimum Gasteiger partial charge on any atom is -0.394 e. The topological polar surface area (TPSA) is 72.8 Å². The van der Waals surface area contributed by atoms with Crippen molar-refractivity contribution >= 4 is 11.6 Å². The number of anilines is 1. The van der Waals surface area contributed by atoms with Gasteiger partial charge in [0.05, 0.1) is 18.2 Å². The van der Waals surface area contributed by atoms with Crippen LogP contribution in [-0.4, -0.2) is 41.9 Å². The average molecular weight is 354 g/mol. The van der Waals surface area contributed by atoms with E-state index in [0.717, 1.165) is 31.6 Å². The van der Waals surface area contributed by atoms with E-state index in [9.17, 15) is 15.0 Å². The lowest BCUT2D eigenvalue weighted by molar-refractivity contribution is 0.0703. The highest BCUT2D eigenvalue weighted by Crippen LogP contribution is 2.25. The number of amides is 1. The van der Waals surface area contributed by atoms with Gasteiger partial charge in [-0.1, -0.05) is 42.5 Å². The van der Waals surface area contributed by atoms with Crippen LogP contribution in [-0.2, 0) is 0 Å². The van der Waals surface area contributed by atoms with Gasteiger partial charge in [-0.05, 0) is 37.0 Å². The summed E-state index contributed by atoms with van der Waals surface area (Å²) in [5, 5.41) is 23.0. The average Bonchev–Trinajstić information content (AvgIpc) is 2.72. The van der Waals surface area contributed by atoms with Crippen molar-refractivity contribution in [2.45, 2.75) is 31.4 Å². The maximum atomic E-state index is 12.9. The Hall–Kier alpha value is -2.37. The van der Waals surface area contributed by atoms with Crippen LogP contribution in [0.3, 0.4) is 0 Å². The molecule has 1 fully saturated rings. The minimum atomic E-state index is -0.965. The fraction of sp³-hybridized carbons (Fsp3) is 0.381. The monoisotopic (exact) mass is 354 g/mol. The maximum absolute atomic E-state index is 12.9. The molecule has 3 rings (SSSR count). The first-order valence-corrected chi connectivity index (χ1v) is 9.19. The molecule has 0 aliphatic carbocycles. The van der Waals surface area contributed by atoms with E-state index in [1.807, 2.05) is 36.4 Å². The van der Waals surface area contributed by atoms with Crippen molar-refractivity contribution in [1.82, 2.24) is 5.32 Å². The quantitative estimate of drug-likeness (QED) is 0.745. The Morgan fingerprint density at radius 1 is 1.00 bits per heavy atom. The number of rotatable bonds is 6. The number of para-hydroxylation sites is 1. The first-order chi connectivity index (χ1) is 12.7. The van der Waals surface area contributed by atoms with Gasteiger partial charge in [-0.2, -0.15) is 0 Å². The van der Waals surface area contributed by atoms with E-state index in [2.05, 4.69) is 10.2 Å². The summed E-state index contributed by atoms with van der Waals surface area (Å²) in [6.07, 6.45) is 2.51. The van der Waals surface area contributed by atoms with Gasteiger partial charge in [-0.3, -0.25) is 4.79 Å². The summed E-state index contributed by atoms with van der Waals surface area (Å²) in [5.74, 6) is -0.278. The Balaban J connectivity index is 1.76. The summed E-state index contributed by atoms with van der Waals surface area (Å²) in [6, 6.07) is 15.8. The largest absolute Gasteiger partial charge is 0.394 e. The van der Waals surface area contributed by atoms with Gasteiger partial charge in [0.15, 0.2) is 0 Å². The van der Waals surface area contributed by atoms with E-state index in [4.69, 9.17) is 0 Å². The predicted molar refractivity (Wildman–Crippen MR) is 102 cm³/mol. The van der Waals surface area contributed by atoms with Gasteiger partial charge in [0, 0.05) is 18.8 Å². The molecule has 2 aromatic carbocycles. The van der Waals surface area contributed by atoms with Crippen molar-refractivity contribution in [3.63, 3.8) is 0 Å². The summed E-state index contributed by atoms with van der Waals surface area (Å²) in [7, 11) is 0. The molecular weight excluding hydrogens is 328 g/mol. The molecule has 2 atom stereocenters. The molecule has 0 radical (unpaired) electrons. The lowest BCUT2D eigenvalue weighted by Gasteiger charge is -2.31. The zero-order chi connectivity index (χ0) is 18.4. The predicted octanol–water partition coefficient (Wildman–Crippen LogP) is 2.50. The molecule has 0 aromatic heterocycles. The van der Waals surface area contributed by atoms with E-state index in [-0.39, 0.29) is 12.5 Å². The molecule has 0 bridgehead atoms. The molecule has 5 heteroatoms. The second-order valence-corrected chi connectivity index (χ2v) is 6.68. The van der Waals surface area contributed by atoms with Gasteiger partial charge in [0.25, 0.3) is 5.91 Å². The van der Waals surface area contributed by atoms with Crippen LogP contribution in [0.2, 0.25) is 0 Å². The van der Waals surface area contributed by atoms with Gasteiger partial charge in [0.1, 0.15) is 6.10 Å². The van der Waals surface area contributed by atoms with Crippen LogP contribution >= 0.6 is 0 Å². The van der Waals surface area contributed by atoms with Gasteiger partial charge < -0.3 is 20.4 Å². The Kier molecular flexibility index (Phi) is 6.26. The first kappa shape index (κ1) is 18.4. The first-order valence-electron chi connectivity index (χ1n) is 9.19. The van der Waals surface area contributed by atoms with E-state index in [0.29, 0.717) is 11.1 Å². The Labute approximate surface area is 154 Å². The molecule has 3 N–H and O–H groups in total. The molecule has 138 valence electrons. The minimum absolute atomic E-state index is 0.278. The molecule has 2 aromatic rings.